The summed E-state index contributed by atoms with van der Waals surface area (Å²) in [5.41, 5.74) is -0.0968. The van der Waals surface area contributed by atoms with Crippen LogP contribution < -0.4 is 4.90 Å². The first-order valence-electron chi connectivity index (χ1n) is 10.6. The van der Waals surface area contributed by atoms with Crippen molar-refractivity contribution in [2.24, 2.45) is 0 Å². The maximum absolute atomic E-state index is 13.2. The topological polar surface area (TPSA) is 59.3 Å². The Morgan fingerprint density at radius 2 is 1.78 bits per heavy atom. The largest absolute Gasteiger partial charge is 0.416 e. The second-order valence-corrected chi connectivity index (χ2v) is 8.36. The van der Waals surface area contributed by atoms with Crippen LogP contribution >= 0.6 is 11.6 Å². The number of hydrogen-bond donors (Lipinski definition) is 0. The van der Waals surface area contributed by atoms with Gasteiger partial charge < -0.3 is 9.64 Å². The molecule has 0 bridgehead atoms. The van der Waals surface area contributed by atoms with Crippen molar-refractivity contribution in [2.75, 3.05) is 44.3 Å². The van der Waals surface area contributed by atoms with E-state index < -0.39 is 11.7 Å². The highest BCUT2D eigenvalue weighted by Crippen LogP contribution is 2.33. The Bertz CT molecular complexity index is 1110. The zero-order valence-corrected chi connectivity index (χ0v) is 18.0. The predicted molar refractivity (Wildman–Crippen MR) is 114 cm³/mol. The lowest BCUT2D eigenvalue weighted by Gasteiger charge is -2.40. The molecule has 0 spiro atoms. The van der Waals surface area contributed by atoms with Crippen LogP contribution in [0.2, 0.25) is 5.28 Å². The molecule has 0 saturated carbocycles. The van der Waals surface area contributed by atoms with Crippen molar-refractivity contribution in [1.29, 1.82) is 0 Å². The molecule has 0 atom stereocenters. The van der Waals surface area contributed by atoms with E-state index in [4.69, 9.17) is 16.3 Å². The number of hydrogen-bond acceptors (Lipinski definition) is 6. The molecule has 0 aliphatic carbocycles. The molecule has 170 valence electrons. The molecule has 11 heteroatoms. The van der Waals surface area contributed by atoms with Gasteiger partial charge >= 0.3 is 6.18 Å². The van der Waals surface area contributed by atoms with Crippen LogP contribution in [0.1, 0.15) is 18.4 Å². The number of ether oxygens (including phenoxy) is 1. The number of fused-ring (bicyclic) bond motifs is 1. The summed E-state index contributed by atoms with van der Waals surface area (Å²) in [6.07, 6.45) is -0.868. The molecule has 5 rings (SSSR count). The van der Waals surface area contributed by atoms with E-state index in [-0.39, 0.29) is 11.0 Å². The van der Waals surface area contributed by atoms with Gasteiger partial charge in [0.15, 0.2) is 5.65 Å². The third kappa shape index (κ3) is 4.14. The van der Waals surface area contributed by atoms with Crippen molar-refractivity contribution < 1.29 is 17.9 Å². The Balaban J connectivity index is 1.43. The fraction of sp³-hybridized carbons (Fsp3) is 0.476. The van der Waals surface area contributed by atoms with Crippen LogP contribution in [0.15, 0.2) is 30.5 Å². The average molecular weight is 467 g/mol. The fourth-order valence-corrected chi connectivity index (χ4v) is 4.66. The Labute approximate surface area is 187 Å². The number of aromatic nitrogens is 4. The third-order valence-corrected chi connectivity index (χ3v) is 6.29. The Hall–Kier alpha value is -2.43. The van der Waals surface area contributed by atoms with E-state index in [9.17, 15) is 13.2 Å². The van der Waals surface area contributed by atoms with Gasteiger partial charge in [0.1, 0.15) is 5.82 Å². The van der Waals surface area contributed by atoms with E-state index in [1.165, 1.54) is 10.7 Å². The zero-order valence-electron chi connectivity index (χ0n) is 17.2. The summed E-state index contributed by atoms with van der Waals surface area (Å²) in [4.78, 5) is 13.4. The van der Waals surface area contributed by atoms with E-state index in [1.54, 1.807) is 12.3 Å². The first kappa shape index (κ1) is 21.4. The number of alkyl halides is 3. The van der Waals surface area contributed by atoms with Gasteiger partial charge in [0.05, 0.1) is 36.0 Å². The molecular weight excluding hydrogens is 445 g/mol. The van der Waals surface area contributed by atoms with Crippen LogP contribution in [-0.4, -0.2) is 70.1 Å². The lowest BCUT2D eigenvalue weighted by Crippen LogP contribution is -2.49. The van der Waals surface area contributed by atoms with Crippen LogP contribution in [0.3, 0.4) is 0 Å². The normalized spacial score (nSPS) is 19.1. The van der Waals surface area contributed by atoms with Gasteiger partial charge in [-0.2, -0.15) is 28.2 Å². The minimum atomic E-state index is -4.44. The molecule has 2 aliphatic rings. The molecule has 2 fully saturated rings. The van der Waals surface area contributed by atoms with Gasteiger partial charge in [-0.05, 0) is 42.6 Å². The highest BCUT2D eigenvalue weighted by atomic mass is 35.5. The molecule has 0 unspecified atom stereocenters. The van der Waals surface area contributed by atoms with Crippen molar-refractivity contribution in [2.45, 2.75) is 25.1 Å². The maximum atomic E-state index is 13.2. The van der Waals surface area contributed by atoms with Gasteiger partial charge in [0.2, 0.25) is 5.28 Å². The number of benzene rings is 1. The van der Waals surface area contributed by atoms with E-state index in [2.05, 4.69) is 24.9 Å². The van der Waals surface area contributed by atoms with Crippen LogP contribution in [0.5, 0.6) is 0 Å². The Kier molecular flexibility index (Phi) is 5.68. The van der Waals surface area contributed by atoms with Crippen LogP contribution in [0, 0.1) is 0 Å². The second-order valence-electron chi connectivity index (χ2n) is 8.02. The van der Waals surface area contributed by atoms with Crippen LogP contribution in [-0.2, 0) is 10.9 Å². The lowest BCUT2D eigenvalue weighted by atomic mass is 10.0. The van der Waals surface area contributed by atoms with Crippen LogP contribution in [0.4, 0.5) is 19.0 Å². The van der Waals surface area contributed by atoms with E-state index in [0.717, 1.165) is 64.4 Å². The quantitative estimate of drug-likeness (QED) is 0.547. The zero-order chi connectivity index (χ0) is 22.3. The number of halogens is 4. The standard InChI is InChI=1S/C21H22ClF3N6O/c22-20-27-18(30-6-4-15(5-7-30)29-8-10-32-11-9-29)17-13-26-31(19(17)28-20)16-3-1-2-14(12-16)21(23,24)25/h1-3,12-13,15H,4-11H2. The third-order valence-electron chi connectivity index (χ3n) is 6.13. The summed E-state index contributed by atoms with van der Waals surface area (Å²) in [6, 6.07) is 5.50. The van der Waals surface area contributed by atoms with Crippen molar-refractivity contribution in [3.05, 3.63) is 41.3 Å². The van der Waals surface area contributed by atoms with Crippen molar-refractivity contribution >= 4 is 28.5 Å². The summed E-state index contributed by atoms with van der Waals surface area (Å²) in [6.45, 7) is 5.07. The summed E-state index contributed by atoms with van der Waals surface area (Å²) >= 11 is 6.22. The van der Waals surface area contributed by atoms with Gasteiger partial charge in [-0.15, -0.1) is 0 Å². The minimum absolute atomic E-state index is 0.0385. The Morgan fingerprint density at radius 3 is 2.50 bits per heavy atom. The molecule has 4 heterocycles. The second kappa shape index (κ2) is 8.49. The number of piperidine rings is 1. The SMILES string of the molecule is FC(F)(F)c1cccc(-n2ncc3c(N4CCC(N5CCOCC5)CC4)nc(Cl)nc32)c1. The molecule has 32 heavy (non-hydrogen) atoms. The molecule has 0 radical (unpaired) electrons. The molecule has 2 aromatic heterocycles. The Morgan fingerprint density at radius 1 is 1.03 bits per heavy atom. The smallest absolute Gasteiger partial charge is 0.379 e. The molecule has 7 nitrogen and oxygen atoms in total. The summed E-state index contributed by atoms with van der Waals surface area (Å²) < 4.78 is 46.3. The van der Waals surface area contributed by atoms with Crippen molar-refractivity contribution in [3.8, 4) is 5.69 Å². The van der Waals surface area contributed by atoms with E-state index in [1.807, 2.05) is 0 Å². The summed E-state index contributed by atoms with van der Waals surface area (Å²) in [5, 5.41) is 5.02. The highest BCUT2D eigenvalue weighted by Gasteiger charge is 2.31. The van der Waals surface area contributed by atoms with Crippen LogP contribution in [0.25, 0.3) is 16.7 Å². The number of anilines is 1. The van der Waals surface area contributed by atoms with Gasteiger partial charge in [0.25, 0.3) is 0 Å². The number of morpholine rings is 1. The van der Waals surface area contributed by atoms with E-state index in [0.29, 0.717) is 22.9 Å². The van der Waals surface area contributed by atoms with Gasteiger partial charge in [0, 0.05) is 32.2 Å². The van der Waals surface area contributed by atoms with Crippen molar-refractivity contribution in [3.63, 3.8) is 0 Å². The molecular formula is C21H22ClF3N6O. The molecule has 2 saturated heterocycles. The highest BCUT2D eigenvalue weighted by molar-refractivity contribution is 6.28. The number of rotatable bonds is 3. The number of nitrogens with zero attached hydrogens (tertiary/aromatic N) is 6. The predicted octanol–water partition coefficient (Wildman–Crippen LogP) is 3.79. The summed E-state index contributed by atoms with van der Waals surface area (Å²) in [7, 11) is 0. The maximum Gasteiger partial charge on any atom is 0.416 e. The fourth-order valence-electron chi connectivity index (χ4n) is 4.50. The monoisotopic (exact) mass is 466 g/mol. The van der Waals surface area contributed by atoms with E-state index >= 15 is 0 Å². The molecule has 2 aliphatic heterocycles. The molecule has 0 N–H and O–H groups in total. The average Bonchev–Trinajstić information content (AvgIpc) is 3.22. The molecule has 0 amide bonds. The molecule has 1 aromatic carbocycles. The first-order valence-corrected chi connectivity index (χ1v) is 10.9. The van der Waals surface area contributed by atoms with Gasteiger partial charge in [-0.1, -0.05) is 6.07 Å². The van der Waals surface area contributed by atoms with Gasteiger partial charge in [-0.25, -0.2) is 4.68 Å². The van der Waals surface area contributed by atoms with Gasteiger partial charge in [-0.3, -0.25) is 4.90 Å². The van der Waals surface area contributed by atoms with Crippen molar-refractivity contribution in [1.82, 2.24) is 24.6 Å². The lowest BCUT2D eigenvalue weighted by molar-refractivity contribution is -0.137. The summed E-state index contributed by atoms with van der Waals surface area (Å²) in [5.74, 6) is 0.665. The minimum Gasteiger partial charge on any atom is -0.379 e. The molecule has 3 aromatic rings. The first-order chi connectivity index (χ1) is 15.4.